The van der Waals surface area contributed by atoms with E-state index in [0.717, 1.165) is 11.4 Å². The molecule has 2 saturated heterocycles. The maximum atomic E-state index is 13.1. The molecule has 0 aliphatic carbocycles. The Morgan fingerprint density at radius 3 is 1.81 bits per heavy atom. The zero-order valence-corrected chi connectivity index (χ0v) is 19.5. The SMILES string of the molecule is COc1cccc(N2CCN(S(=O)(=O)c3ccc(S(=O)(=O)N4CCOCC4)cc3)CC2)c1. The molecule has 0 bridgehead atoms. The van der Waals surface area contributed by atoms with Crippen LogP contribution in [0, 0.1) is 0 Å². The van der Waals surface area contributed by atoms with Gasteiger partial charge in [-0.05, 0) is 36.4 Å². The van der Waals surface area contributed by atoms with Gasteiger partial charge < -0.3 is 14.4 Å². The second kappa shape index (κ2) is 9.36. The van der Waals surface area contributed by atoms with E-state index in [1.54, 1.807) is 7.11 Å². The molecule has 2 aromatic carbocycles. The first-order valence-electron chi connectivity index (χ1n) is 10.4. The number of methoxy groups -OCH3 is 1. The van der Waals surface area contributed by atoms with Gasteiger partial charge in [-0.15, -0.1) is 0 Å². The van der Waals surface area contributed by atoms with Gasteiger partial charge in [-0.2, -0.15) is 8.61 Å². The molecule has 9 nitrogen and oxygen atoms in total. The van der Waals surface area contributed by atoms with E-state index in [1.807, 2.05) is 24.3 Å². The Bertz CT molecular complexity index is 1140. The quantitative estimate of drug-likeness (QED) is 0.612. The molecule has 0 unspecified atom stereocenters. The summed E-state index contributed by atoms with van der Waals surface area (Å²) in [4.78, 5) is 2.29. The molecular formula is C21H27N3O6S2. The van der Waals surface area contributed by atoms with Gasteiger partial charge in [0.15, 0.2) is 0 Å². The molecule has 0 saturated carbocycles. The van der Waals surface area contributed by atoms with Crippen molar-refractivity contribution in [3.05, 3.63) is 48.5 Å². The van der Waals surface area contributed by atoms with E-state index >= 15 is 0 Å². The van der Waals surface area contributed by atoms with Crippen molar-refractivity contribution in [1.29, 1.82) is 0 Å². The van der Waals surface area contributed by atoms with Gasteiger partial charge in [-0.25, -0.2) is 16.8 Å². The summed E-state index contributed by atoms with van der Waals surface area (Å²) >= 11 is 0. The Labute approximate surface area is 189 Å². The molecule has 0 atom stereocenters. The van der Waals surface area contributed by atoms with Crippen LogP contribution in [0.5, 0.6) is 5.75 Å². The van der Waals surface area contributed by atoms with Crippen molar-refractivity contribution in [1.82, 2.24) is 8.61 Å². The molecular weight excluding hydrogens is 454 g/mol. The zero-order chi connectivity index (χ0) is 22.8. The highest BCUT2D eigenvalue weighted by atomic mass is 32.2. The van der Waals surface area contributed by atoms with Crippen LogP contribution in [0.3, 0.4) is 0 Å². The molecule has 2 aliphatic heterocycles. The molecule has 11 heteroatoms. The Balaban J connectivity index is 1.45. The van der Waals surface area contributed by atoms with Crippen LogP contribution in [-0.4, -0.2) is 85.0 Å². The van der Waals surface area contributed by atoms with E-state index in [9.17, 15) is 16.8 Å². The van der Waals surface area contributed by atoms with Crippen LogP contribution in [-0.2, 0) is 24.8 Å². The average Bonchev–Trinajstić information content (AvgIpc) is 2.85. The third kappa shape index (κ3) is 4.62. The van der Waals surface area contributed by atoms with Crippen LogP contribution in [0.25, 0.3) is 0 Å². The summed E-state index contributed by atoms with van der Waals surface area (Å²) in [6.07, 6.45) is 0. The smallest absolute Gasteiger partial charge is 0.243 e. The van der Waals surface area contributed by atoms with Crippen molar-refractivity contribution in [2.45, 2.75) is 9.79 Å². The van der Waals surface area contributed by atoms with Crippen LogP contribution < -0.4 is 9.64 Å². The Kier molecular flexibility index (Phi) is 6.72. The molecule has 2 aromatic rings. The van der Waals surface area contributed by atoms with E-state index in [4.69, 9.17) is 9.47 Å². The summed E-state index contributed by atoms with van der Waals surface area (Å²) < 4.78 is 65.0. The fourth-order valence-electron chi connectivity index (χ4n) is 3.86. The number of sulfonamides is 2. The zero-order valence-electron chi connectivity index (χ0n) is 17.9. The summed E-state index contributed by atoms with van der Waals surface area (Å²) in [7, 11) is -5.77. The van der Waals surface area contributed by atoms with Crippen molar-refractivity contribution in [2.75, 3.05) is 64.5 Å². The van der Waals surface area contributed by atoms with Crippen molar-refractivity contribution in [2.24, 2.45) is 0 Å². The number of hydrogen-bond donors (Lipinski definition) is 0. The average molecular weight is 482 g/mol. The van der Waals surface area contributed by atoms with Crippen molar-refractivity contribution in [3.8, 4) is 5.75 Å². The number of ether oxygens (including phenoxy) is 2. The third-order valence-electron chi connectivity index (χ3n) is 5.73. The molecule has 0 N–H and O–H groups in total. The van der Waals surface area contributed by atoms with Gasteiger partial charge >= 0.3 is 0 Å². The topological polar surface area (TPSA) is 96.5 Å². The van der Waals surface area contributed by atoms with Crippen molar-refractivity contribution >= 4 is 25.7 Å². The molecule has 174 valence electrons. The minimum Gasteiger partial charge on any atom is -0.497 e. The highest BCUT2D eigenvalue weighted by Crippen LogP contribution is 2.25. The number of piperazine rings is 1. The van der Waals surface area contributed by atoms with E-state index < -0.39 is 20.0 Å². The minimum absolute atomic E-state index is 0.0844. The summed E-state index contributed by atoms with van der Waals surface area (Å²) in [5, 5.41) is 0. The monoisotopic (exact) mass is 481 g/mol. The standard InChI is InChI=1S/C21H27N3O6S2/c1-29-19-4-2-3-18(17-19)22-9-11-23(12-10-22)31(25,26)20-5-7-21(8-6-20)32(27,28)24-13-15-30-16-14-24/h2-8,17H,9-16H2,1H3. The highest BCUT2D eigenvalue weighted by molar-refractivity contribution is 7.89. The van der Waals surface area contributed by atoms with Crippen LogP contribution in [0.2, 0.25) is 0 Å². The van der Waals surface area contributed by atoms with Gasteiger partial charge in [-0.1, -0.05) is 6.07 Å². The largest absolute Gasteiger partial charge is 0.497 e. The lowest BCUT2D eigenvalue weighted by Crippen LogP contribution is -2.48. The second-order valence-corrected chi connectivity index (χ2v) is 11.5. The van der Waals surface area contributed by atoms with Gasteiger partial charge in [-0.3, -0.25) is 0 Å². The lowest BCUT2D eigenvalue weighted by molar-refractivity contribution is 0.0730. The molecule has 2 heterocycles. The van der Waals surface area contributed by atoms with Crippen LogP contribution >= 0.6 is 0 Å². The molecule has 0 spiro atoms. The van der Waals surface area contributed by atoms with Gasteiger partial charge in [0.05, 0.1) is 30.1 Å². The fourth-order valence-corrected chi connectivity index (χ4v) is 6.69. The van der Waals surface area contributed by atoms with Crippen LogP contribution in [0.15, 0.2) is 58.3 Å². The van der Waals surface area contributed by atoms with Crippen LogP contribution in [0.4, 0.5) is 5.69 Å². The minimum atomic E-state index is -3.71. The first kappa shape index (κ1) is 23.0. The number of benzene rings is 2. The predicted molar refractivity (Wildman–Crippen MR) is 120 cm³/mol. The van der Waals surface area contributed by atoms with Gasteiger partial charge in [0, 0.05) is 51.0 Å². The molecule has 4 rings (SSSR count). The second-order valence-electron chi connectivity index (χ2n) is 7.58. The Hall–Kier alpha value is -2.18. The fraction of sp³-hybridized carbons (Fsp3) is 0.429. The van der Waals surface area contributed by atoms with Gasteiger partial charge in [0.2, 0.25) is 20.0 Å². The van der Waals surface area contributed by atoms with E-state index in [2.05, 4.69) is 4.90 Å². The lowest BCUT2D eigenvalue weighted by Gasteiger charge is -2.35. The Morgan fingerprint density at radius 2 is 1.28 bits per heavy atom. The number of anilines is 1. The first-order chi connectivity index (χ1) is 15.3. The molecule has 0 aromatic heterocycles. The van der Waals surface area contributed by atoms with E-state index in [1.165, 1.54) is 32.9 Å². The number of morpholine rings is 1. The molecule has 0 radical (unpaired) electrons. The first-order valence-corrected chi connectivity index (χ1v) is 13.3. The summed E-state index contributed by atoms with van der Waals surface area (Å²) in [5.41, 5.74) is 0.985. The van der Waals surface area contributed by atoms with Crippen LogP contribution in [0.1, 0.15) is 0 Å². The molecule has 2 aliphatic rings. The molecule has 2 fully saturated rings. The summed E-state index contributed by atoms with van der Waals surface area (Å²) in [5.74, 6) is 0.754. The Morgan fingerprint density at radius 1 is 0.750 bits per heavy atom. The lowest BCUT2D eigenvalue weighted by atomic mass is 10.2. The van der Waals surface area contributed by atoms with E-state index in [-0.39, 0.29) is 9.79 Å². The van der Waals surface area contributed by atoms with E-state index in [0.29, 0.717) is 52.5 Å². The summed E-state index contributed by atoms with van der Waals surface area (Å²) in [6, 6.07) is 13.2. The number of nitrogens with zero attached hydrogens (tertiary/aromatic N) is 3. The third-order valence-corrected chi connectivity index (χ3v) is 9.55. The molecule has 0 amide bonds. The predicted octanol–water partition coefficient (Wildman–Crippen LogP) is 1.23. The molecule has 32 heavy (non-hydrogen) atoms. The van der Waals surface area contributed by atoms with Crippen molar-refractivity contribution in [3.63, 3.8) is 0 Å². The maximum Gasteiger partial charge on any atom is 0.243 e. The van der Waals surface area contributed by atoms with Crippen molar-refractivity contribution < 1.29 is 26.3 Å². The summed E-state index contributed by atoms with van der Waals surface area (Å²) in [6.45, 7) is 3.08. The maximum absolute atomic E-state index is 13.1. The normalized spacial score (nSPS) is 19.1. The number of rotatable bonds is 6. The number of hydrogen-bond acceptors (Lipinski definition) is 7. The highest BCUT2D eigenvalue weighted by Gasteiger charge is 2.30. The van der Waals surface area contributed by atoms with Gasteiger partial charge in [0.1, 0.15) is 5.75 Å². The van der Waals surface area contributed by atoms with Gasteiger partial charge in [0.25, 0.3) is 0 Å².